The maximum Gasteiger partial charge on any atom is 0.490 e. The molecule has 11 heteroatoms. The molecule has 3 fully saturated rings. The minimum atomic E-state index is -5.08. The predicted octanol–water partition coefficient (Wildman–Crippen LogP) is 2.68. The third-order valence-electron chi connectivity index (χ3n) is 5.59. The van der Waals surface area contributed by atoms with Crippen LogP contribution in [0.4, 0.5) is 18.0 Å². The van der Waals surface area contributed by atoms with Gasteiger partial charge in [-0.3, -0.25) is 4.98 Å². The van der Waals surface area contributed by atoms with Gasteiger partial charge in [-0.05, 0) is 37.3 Å². The Labute approximate surface area is 177 Å². The maximum atomic E-state index is 12.8. The molecule has 0 radical (unpaired) electrons. The Kier molecular flexibility index (Phi) is 7.71. The quantitative estimate of drug-likeness (QED) is 0.769. The van der Waals surface area contributed by atoms with E-state index in [4.69, 9.17) is 19.4 Å². The summed E-state index contributed by atoms with van der Waals surface area (Å²) in [7, 11) is 0. The standard InChI is InChI=1S/C18H25N3O3.C2HF3O2/c22-18(20-8-1-2-9-20)21-10-11-23-17-15(21)5-6-16(17)24-13-14-4-3-7-19-12-14;3-2(4,5)1(6)7/h3-4,7,12,15-17H,1-2,5-6,8-11,13H2;(H,6,7)/t15-,16-,17+;/m0./s1. The zero-order valence-electron chi connectivity index (χ0n) is 17.0. The number of carbonyl (C=O) groups is 2. The van der Waals surface area contributed by atoms with Gasteiger partial charge >= 0.3 is 18.2 Å². The van der Waals surface area contributed by atoms with E-state index in [-0.39, 0.29) is 24.3 Å². The fourth-order valence-electron chi connectivity index (χ4n) is 4.11. The van der Waals surface area contributed by atoms with Crippen molar-refractivity contribution < 1.29 is 37.3 Å². The van der Waals surface area contributed by atoms with Gasteiger partial charge in [-0.2, -0.15) is 13.2 Å². The highest BCUT2D eigenvalue weighted by atomic mass is 19.4. The summed E-state index contributed by atoms with van der Waals surface area (Å²) in [6, 6.07) is 4.29. The Bertz CT molecular complexity index is 743. The molecule has 2 amide bonds. The fourth-order valence-corrected chi connectivity index (χ4v) is 4.11. The molecular weight excluding hydrogens is 419 g/mol. The summed E-state index contributed by atoms with van der Waals surface area (Å²) in [5.74, 6) is -2.76. The second-order valence-electron chi connectivity index (χ2n) is 7.66. The Morgan fingerprint density at radius 1 is 1.23 bits per heavy atom. The minimum Gasteiger partial charge on any atom is -0.475 e. The number of urea groups is 1. The van der Waals surface area contributed by atoms with Gasteiger partial charge in [0, 0.05) is 32.0 Å². The topological polar surface area (TPSA) is 92.2 Å². The highest BCUT2D eigenvalue weighted by Crippen LogP contribution is 2.33. The van der Waals surface area contributed by atoms with Gasteiger partial charge in [0.05, 0.1) is 25.4 Å². The molecule has 1 aliphatic carbocycles. The molecule has 1 aromatic heterocycles. The number of likely N-dealkylation sites (tertiary alicyclic amines) is 1. The molecule has 1 saturated carbocycles. The molecule has 1 aromatic rings. The molecule has 0 spiro atoms. The smallest absolute Gasteiger partial charge is 0.475 e. The summed E-state index contributed by atoms with van der Waals surface area (Å²) in [5.41, 5.74) is 1.07. The summed E-state index contributed by atoms with van der Waals surface area (Å²) in [5, 5.41) is 7.12. The number of fused-ring (bicyclic) bond motifs is 1. The maximum absolute atomic E-state index is 12.8. The van der Waals surface area contributed by atoms with E-state index >= 15 is 0 Å². The second kappa shape index (κ2) is 10.3. The number of halogens is 3. The number of hydrogen-bond donors (Lipinski definition) is 1. The third kappa shape index (κ3) is 6.07. The van der Waals surface area contributed by atoms with Crippen molar-refractivity contribution in [1.29, 1.82) is 0 Å². The lowest BCUT2D eigenvalue weighted by molar-refractivity contribution is -0.192. The number of aliphatic carboxylic acids is 1. The molecular formula is C20H26F3N3O5. The lowest BCUT2D eigenvalue weighted by atomic mass is 10.1. The lowest BCUT2D eigenvalue weighted by Gasteiger charge is -2.40. The van der Waals surface area contributed by atoms with Crippen molar-refractivity contribution in [3.63, 3.8) is 0 Å². The number of nitrogens with zero attached hydrogens (tertiary/aromatic N) is 3. The van der Waals surface area contributed by atoms with Crippen molar-refractivity contribution >= 4 is 12.0 Å². The van der Waals surface area contributed by atoms with Crippen LogP contribution in [0.1, 0.15) is 31.2 Å². The number of carboxylic acid groups (broad SMARTS) is 1. The molecule has 0 unspecified atom stereocenters. The lowest BCUT2D eigenvalue weighted by Crippen LogP contribution is -2.56. The van der Waals surface area contributed by atoms with Crippen LogP contribution in [0.3, 0.4) is 0 Å². The van der Waals surface area contributed by atoms with Crippen LogP contribution >= 0.6 is 0 Å². The van der Waals surface area contributed by atoms with Crippen LogP contribution in [-0.4, -0.2) is 82.6 Å². The van der Waals surface area contributed by atoms with E-state index in [1.807, 2.05) is 28.1 Å². The molecule has 8 nitrogen and oxygen atoms in total. The van der Waals surface area contributed by atoms with Crippen molar-refractivity contribution in [2.75, 3.05) is 26.2 Å². The van der Waals surface area contributed by atoms with Gasteiger partial charge < -0.3 is 24.4 Å². The Morgan fingerprint density at radius 2 is 1.94 bits per heavy atom. The van der Waals surface area contributed by atoms with Crippen molar-refractivity contribution in [3.8, 4) is 0 Å². The molecule has 1 N–H and O–H groups in total. The zero-order valence-corrected chi connectivity index (χ0v) is 17.0. The average Bonchev–Trinajstić information content (AvgIpc) is 3.42. The van der Waals surface area contributed by atoms with Gasteiger partial charge in [-0.15, -0.1) is 0 Å². The Balaban J connectivity index is 0.000000339. The molecule has 2 saturated heterocycles. The van der Waals surface area contributed by atoms with Gasteiger partial charge in [-0.25, -0.2) is 9.59 Å². The van der Waals surface area contributed by atoms with E-state index in [1.54, 1.807) is 6.20 Å². The van der Waals surface area contributed by atoms with Crippen molar-refractivity contribution in [1.82, 2.24) is 14.8 Å². The number of rotatable bonds is 3. The van der Waals surface area contributed by atoms with E-state index in [0.29, 0.717) is 19.8 Å². The number of aromatic nitrogens is 1. The number of alkyl halides is 3. The monoisotopic (exact) mass is 445 g/mol. The normalized spacial score (nSPS) is 25.6. The van der Waals surface area contributed by atoms with E-state index < -0.39 is 12.1 Å². The van der Waals surface area contributed by atoms with Crippen LogP contribution in [0.25, 0.3) is 0 Å². The number of carbonyl (C=O) groups excluding carboxylic acids is 1. The van der Waals surface area contributed by atoms with Crippen LogP contribution in [0, 0.1) is 0 Å². The number of pyridine rings is 1. The molecule has 3 atom stereocenters. The van der Waals surface area contributed by atoms with Gasteiger partial charge in [0.25, 0.3) is 0 Å². The van der Waals surface area contributed by atoms with E-state index in [2.05, 4.69) is 4.98 Å². The van der Waals surface area contributed by atoms with Crippen LogP contribution in [-0.2, 0) is 20.9 Å². The second-order valence-corrected chi connectivity index (χ2v) is 7.66. The summed E-state index contributed by atoms with van der Waals surface area (Å²) < 4.78 is 43.8. The molecule has 3 aliphatic rings. The van der Waals surface area contributed by atoms with Crippen LogP contribution < -0.4 is 0 Å². The summed E-state index contributed by atoms with van der Waals surface area (Å²) in [6.45, 7) is 3.65. The number of carboxylic acids is 1. The van der Waals surface area contributed by atoms with Gasteiger partial charge in [0.15, 0.2) is 0 Å². The highest BCUT2D eigenvalue weighted by Gasteiger charge is 2.46. The van der Waals surface area contributed by atoms with Gasteiger partial charge in [0.2, 0.25) is 0 Å². The fraction of sp³-hybridized carbons (Fsp3) is 0.650. The number of amides is 2. The van der Waals surface area contributed by atoms with Crippen molar-refractivity contribution in [2.45, 2.75) is 56.7 Å². The number of hydrogen-bond acceptors (Lipinski definition) is 5. The highest BCUT2D eigenvalue weighted by molar-refractivity contribution is 5.75. The Morgan fingerprint density at radius 3 is 2.55 bits per heavy atom. The SMILES string of the molecule is O=C(N1CCCC1)N1CCO[C@H]2[C@@H](OCc3cccnc3)CC[C@@H]21.O=C(O)C(F)(F)F. The number of ether oxygens (including phenoxy) is 2. The summed E-state index contributed by atoms with van der Waals surface area (Å²) in [6.07, 6.45) is 2.73. The first kappa shape index (κ1) is 23.3. The molecule has 0 aromatic carbocycles. The Hall–Kier alpha value is -2.40. The third-order valence-corrected chi connectivity index (χ3v) is 5.59. The molecule has 172 valence electrons. The molecule has 31 heavy (non-hydrogen) atoms. The van der Waals surface area contributed by atoms with Gasteiger partial charge in [-0.1, -0.05) is 6.07 Å². The van der Waals surface area contributed by atoms with E-state index in [9.17, 15) is 18.0 Å². The van der Waals surface area contributed by atoms with Crippen LogP contribution in [0.5, 0.6) is 0 Å². The predicted molar refractivity (Wildman–Crippen MR) is 102 cm³/mol. The van der Waals surface area contributed by atoms with Crippen LogP contribution in [0.15, 0.2) is 24.5 Å². The molecule has 4 rings (SSSR count). The summed E-state index contributed by atoms with van der Waals surface area (Å²) >= 11 is 0. The van der Waals surface area contributed by atoms with Crippen molar-refractivity contribution in [2.24, 2.45) is 0 Å². The van der Waals surface area contributed by atoms with E-state index in [1.165, 1.54) is 0 Å². The molecule has 0 bridgehead atoms. The van der Waals surface area contributed by atoms with Gasteiger partial charge in [0.1, 0.15) is 6.10 Å². The zero-order chi connectivity index (χ0) is 22.4. The van der Waals surface area contributed by atoms with E-state index in [0.717, 1.165) is 44.3 Å². The molecule has 3 heterocycles. The first-order valence-corrected chi connectivity index (χ1v) is 10.2. The molecule has 2 aliphatic heterocycles. The largest absolute Gasteiger partial charge is 0.490 e. The first-order chi connectivity index (χ1) is 14.8. The minimum absolute atomic E-state index is 0.00183. The first-order valence-electron chi connectivity index (χ1n) is 10.2. The van der Waals surface area contributed by atoms with Crippen molar-refractivity contribution in [3.05, 3.63) is 30.1 Å². The van der Waals surface area contributed by atoms with Crippen LogP contribution in [0.2, 0.25) is 0 Å². The number of morpholine rings is 1. The summed E-state index contributed by atoms with van der Waals surface area (Å²) in [4.78, 5) is 29.8. The average molecular weight is 445 g/mol.